The highest BCUT2D eigenvalue weighted by Gasteiger charge is 2.40. The summed E-state index contributed by atoms with van der Waals surface area (Å²) in [6.07, 6.45) is 4.50. The van der Waals surface area contributed by atoms with Gasteiger partial charge in [0.25, 0.3) is 5.91 Å². The number of ether oxygens (including phenoxy) is 1. The second-order valence-electron chi connectivity index (χ2n) is 8.03. The summed E-state index contributed by atoms with van der Waals surface area (Å²) in [5, 5.41) is 20.8. The van der Waals surface area contributed by atoms with Gasteiger partial charge in [-0.25, -0.2) is 0 Å². The van der Waals surface area contributed by atoms with Gasteiger partial charge in [-0.3, -0.25) is 9.89 Å². The minimum absolute atomic E-state index is 0.120. The zero-order valence-electron chi connectivity index (χ0n) is 16.5. The summed E-state index contributed by atoms with van der Waals surface area (Å²) in [6, 6.07) is 0. The van der Waals surface area contributed by atoms with Crippen LogP contribution in [0.2, 0.25) is 0 Å². The van der Waals surface area contributed by atoms with E-state index in [2.05, 4.69) is 15.5 Å². The minimum atomic E-state index is -0.924. The molecule has 2 heterocycles. The lowest BCUT2D eigenvalue weighted by Crippen LogP contribution is -2.51. The summed E-state index contributed by atoms with van der Waals surface area (Å²) in [5.74, 6) is 0.952. The van der Waals surface area contributed by atoms with Crippen molar-refractivity contribution in [3.05, 3.63) is 39.2 Å². The van der Waals surface area contributed by atoms with Crippen LogP contribution in [0.1, 0.15) is 59.0 Å². The van der Waals surface area contributed by atoms with E-state index in [1.807, 2.05) is 27.7 Å². The first-order valence-electron chi connectivity index (χ1n) is 9.65. The van der Waals surface area contributed by atoms with Crippen molar-refractivity contribution < 1.29 is 14.6 Å². The maximum Gasteiger partial charge on any atom is 0.264 e. The molecule has 27 heavy (non-hydrogen) atoms. The second-order valence-corrected chi connectivity index (χ2v) is 8.03. The SMILES string of the molecule is Cc1c(C)c2c(c(C)c1O)CC[C@](C)(C(=O)NCc1n[nH]c3c1CCC3)O2. The third kappa shape index (κ3) is 2.78. The van der Waals surface area contributed by atoms with E-state index in [4.69, 9.17) is 4.74 Å². The van der Waals surface area contributed by atoms with E-state index < -0.39 is 5.60 Å². The van der Waals surface area contributed by atoms with Gasteiger partial charge in [-0.2, -0.15) is 5.10 Å². The third-order valence-corrected chi connectivity index (χ3v) is 6.31. The van der Waals surface area contributed by atoms with Gasteiger partial charge >= 0.3 is 0 Å². The maximum absolute atomic E-state index is 12.9. The molecule has 0 unspecified atom stereocenters. The Morgan fingerprint density at radius 3 is 2.74 bits per heavy atom. The van der Waals surface area contributed by atoms with Crippen LogP contribution in [0.4, 0.5) is 0 Å². The number of hydrogen-bond donors (Lipinski definition) is 3. The number of carbonyl (C=O) groups is 1. The molecule has 1 aromatic carbocycles. The van der Waals surface area contributed by atoms with Crippen LogP contribution in [0.15, 0.2) is 0 Å². The molecule has 4 rings (SSSR count). The van der Waals surface area contributed by atoms with Gasteiger partial charge in [-0.05, 0) is 75.6 Å². The highest BCUT2D eigenvalue weighted by molar-refractivity contribution is 5.85. The van der Waals surface area contributed by atoms with Crippen molar-refractivity contribution >= 4 is 5.91 Å². The fourth-order valence-electron chi connectivity index (χ4n) is 4.29. The predicted molar refractivity (Wildman–Crippen MR) is 102 cm³/mol. The van der Waals surface area contributed by atoms with E-state index in [9.17, 15) is 9.90 Å². The monoisotopic (exact) mass is 369 g/mol. The van der Waals surface area contributed by atoms with Gasteiger partial charge in [0.05, 0.1) is 12.2 Å². The highest BCUT2D eigenvalue weighted by atomic mass is 16.5. The Labute approximate surface area is 159 Å². The Morgan fingerprint density at radius 2 is 1.96 bits per heavy atom. The fraction of sp³-hybridized carbons (Fsp3) is 0.524. The van der Waals surface area contributed by atoms with Crippen LogP contribution in [0.25, 0.3) is 0 Å². The zero-order chi connectivity index (χ0) is 19.3. The number of hydrogen-bond acceptors (Lipinski definition) is 4. The number of amides is 1. The van der Waals surface area contributed by atoms with Crippen LogP contribution in [0.3, 0.4) is 0 Å². The van der Waals surface area contributed by atoms with Crippen molar-refractivity contribution in [3.63, 3.8) is 0 Å². The minimum Gasteiger partial charge on any atom is -0.507 e. The van der Waals surface area contributed by atoms with E-state index >= 15 is 0 Å². The molecule has 0 bridgehead atoms. The number of aromatic hydroxyl groups is 1. The Morgan fingerprint density at radius 1 is 1.19 bits per heavy atom. The van der Waals surface area contributed by atoms with Crippen LogP contribution >= 0.6 is 0 Å². The average Bonchev–Trinajstić information content (AvgIpc) is 3.26. The van der Waals surface area contributed by atoms with E-state index in [0.29, 0.717) is 25.1 Å². The van der Waals surface area contributed by atoms with E-state index in [1.54, 1.807) is 0 Å². The lowest BCUT2D eigenvalue weighted by atomic mass is 9.86. The fourth-order valence-corrected chi connectivity index (χ4v) is 4.29. The molecule has 1 aliphatic carbocycles. The van der Waals surface area contributed by atoms with E-state index in [1.165, 1.54) is 11.3 Å². The van der Waals surface area contributed by atoms with Crippen LogP contribution in [0, 0.1) is 20.8 Å². The molecular weight excluding hydrogens is 342 g/mol. The molecule has 2 aliphatic rings. The van der Waals surface area contributed by atoms with Crippen molar-refractivity contribution in [3.8, 4) is 11.5 Å². The molecule has 1 amide bonds. The van der Waals surface area contributed by atoms with Crippen LogP contribution in [-0.2, 0) is 30.6 Å². The van der Waals surface area contributed by atoms with Crippen molar-refractivity contribution in [2.45, 2.75) is 71.9 Å². The number of rotatable bonds is 3. The van der Waals surface area contributed by atoms with Crippen molar-refractivity contribution in [1.29, 1.82) is 0 Å². The second kappa shape index (κ2) is 6.29. The van der Waals surface area contributed by atoms with E-state index in [0.717, 1.165) is 53.0 Å². The van der Waals surface area contributed by atoms with Gasteiger partial charge in [0.15, 0.2) is 5.60 Å². The first kappa shape index (κ1) is 17.9. The molecule has 2 aromatic rings. The number of nitrogens with zero attached hydrogens (tertiary/aromatic N) is 1. The number of phenolic OH excluding ortho intramolecular Hbond substituents is 1. The molecule has 3 N–H and O–H groups in total. The Balaban J connectivity index is 1.53. The predicted octanol–water partition coefficient (Wildman–Crippen LogP) is 2.93. The molecule has 0 radical (unpaired) electrons. The molecule has 0 saturated heterocycles. The molecule has 0 fully saturated rings. The van der Waals surface area contributed by atoms with Gasteiger partial charge in [0.1, 0.15) is 11.5 Å². The number of H-pyrrole nitrogens is 1. The first-order chi connectivity index (χ1) is 12.8. The third-order valence-electron chi connectivity index (χ3n) is 6.31. The lowest BCUT2D eigenvalue weighted by molar-refractivity contribution is -0.137. The summed E-state index contributed by atoms with van der Waals surface area (Å²) in [4.78, 5) is 12.9. The smallest absolute Gasteiger partial charge is 0.264 e. The molecule has 6 nitrogen and oxygen atoms in total. The van der Waals surface area contributed by atoms with Crippen LogP contribution < -0.4 is 10.1 Å². The lowest BCUT2D eigenvalue weighted by Gasteiger charge is -2.36. The quantitative estimate of drug-likeness (QED) is 0.776. The van der Waals surface area contributed by atoms with Gasteiger partial charge in [0.2, 0.25) is 0 Å². The summed E-state index contributed by atoms with van der Waals surface area (Å²) in [6.45, 7) is 7.99. The number of carbonyl (C=O) groups excluding carboxylic acids is 1. The van der Waals surface area contributed by atoms with Gasteiger partial charge < -0.3 is 15.2 Å². The Kier molecular flexibility index (Phi) is 4.17. The number of phenols is 1. The number of nitrogens with one attached hydrogen (secondary N) is 2. The summed E-state index contributed by atoms with van der Waals surface area (Å²) < 4.78 is 6.24. The molecular formula is C21H27N3O3. The number of aromatic nitrogens is 2. The highest BCUT2D eigenvalue weighted by Crippen LogP contribution is 2.43. The number of aryl methyl sites for hydroxylation is 1. The van der Waals surface area contributed by atoms with Crippen molar-refractivity contribution in [2.24, 2.45) is 0 Å². The molecule has 1 aliphatic heterocycles. The van der Waals surface area contributed by atoms with E-state index in [-0.39, 0.29) is 5.91 Å². The maximum atomic E-state index is 12.9. The molecule has 6 heteroatoms. The molecule has 1 aromatic heterocycles. The standard InChI is InChI=1S/C21H27N3O3/c1-11-12(2)19-14(13(3)18(11)25)8-9-21(4,27-19)20(26)22-10-17-15-6-5-7-16(15)23-24-17/h25H,5-10H2,1-4H3,(H,22,26)(H,23,24)/t21-/m1/s1. The summed E-state index contributed by atoms with van der Waals surface area (Å²) in [5.41, 5.74) is 6.03. The first-order valence-corrected chi connectivity index (χ1v) is 9.65. The van der Waals surface area contributed by atoms with Gasteiger partial charge in [-0.15, -0.1) is 0 Å². The molecule has 144 valence electrons. The molecule has 0 saturated carbocycles. The van der Waals surface area contributed by atoms with Crippen molar-refractivity contribution in [2.75, 3.05) is 0 Å². The number of aromatic amines is 1. The average molecular weight is 369 g/mol. The topological polar surface area (TPSA) is 87.2 Å². The van der Waals surface area contributed by atoms with Gasteiger partial charge in [0, 0.05) is 17.7 Å². The van der Waals surface area contributed by atoms with Crippen LogP contribution in [0.5, 0.6) is 11.5 Å². The number of fused-ring (bicyclic) bond motifs is 2. The van der Waals surface area contributed by atoms with Crippen LogP contribution in [-0.4, -0.2) is 26.8 Å². The Bertz CT molecular complexity index is 931. The van der Waals surface area contributed by atoms with Gasteiger partial charge in [-0.1, -0.05) is 0 Å². The number of benzene rings is 1. The Hall–Kier alpha value is -2.50. The summed E-state index contributed by atoms with van der Waals surface area (Å²) in [7, 11) is 0. The molecule has 1 atom stereocenters. The summed E-state index contributed by atoms with van der Waals surface area (Å²) >= 11 is 0. The van der Waals surface area contributed by atoms with Crippen molar-refractivity contribution in [1.82, 2.24) is 15.5 Å². The molecule has 0 spiro atoms. The zero-order valence-corrected chi connectivity index (χ0v) is 16.5. The largest absolute Gasteiger partial charge is 0.507 e. The normalized spacial score (nSPS) is 20.7.